The minimum atomic E-state index is 0.120. The lowest BCUT2D eigenvalue weighted by molar-refractivity contribution is -0.133. The third-order valence-electron chi connectivity index (χ3n) is 4.33. The van der Waals surface area contributed by atoms with E-state index in [1.165, 1.54) is 5.56 Å². The number of hydrogen-bond acceptors (Lipinski definition) is 4. The van der Waals surface area contributed by atoms with Gasteiger partial charge in [0, 0.05) is 44.6 Å². The molecule has 1 aromatic carbocycles. The minimum absolute atomic E-state index is 0.120. The van der Waals surface area contributed by atoms with Crippen molar-refractivity contribution in [1.82, 2.24) is 15.1 Å². The average Bonchev–Trinajstić information content (AvgIpc) is 2.64. The van der Waals surface area contributed by atoms with Crippen molar-refractivity contribution in [2.24, 2.45) is 0 Å². The first-order chi connectivity index (χ1) is 11.8. The van der Waals surface area contributed by atoms with Crippen LogP contribution in [-0.2, 0) is 11.2 Å². The number of nitrogens with zero attached hydrogens (tertiary/aromatic N) is 3. The number of hydrogen-bond donors (Lipinski definition) is 0. The molecule has 1 fully saturated rings. The summed E-state index contributed by atoms with van der Waals surface area (Å²) in [6.07, 6.45) is 5.92. The van der Waals surface area contributed by atoms with Gasteiger partial charge in [-0.15, -0.1) is 5.10 Å². The Bertz CT molecular complexity index is 626. The molecular weight excluding hydrogens is 302 g/mol. The Morgan fingerprint density at radius 2 is 1.92 bits per heavy atom. The second kappa shape index (κ2) is 8.43. The van der Waals surface area contributed by atoms with Gasteiger partial charge in [-0.2, -0.15) is 5.10 Å². The zero-order valence-electron chi connectivity index (χ0n) is 13.8. The first-order valence-corrected chi connectivity index (χ1v) is 8.57. The highest BCUT2D eigenvalue weighted by Gasteiger charge is 2.23. The van der Waals surface area contributed by atoms with E-state index in [1.807, 2.05) is 35.2 Å². The quantitative estimate of drug-likeness (QED) is 0.819. The van der Waals surface area contributed by atoms with Crippen LogP contribution in [0.3, 0.4) is 0 Å². The molecule has 0 unspecified atom stereocenters. The van der Waals surface area contributed by atoms with Gasteiger partial charge in [-0.05, 0) is 24.5 Å². The van der Waals surface area contributed by atoms with E-state index in [0.29, 0.717) is 12.3 Å². The molecule has 1 aromatic heterocycles. The number of carbonyl (C=O) groups excluding carboxylic acids is 1. The van der Waals surface area contributed by atoms with Crippen LogP contribution < -0.4 is 4.74 Å². The minimum Gasteiger partial charge on any atom is -0.473 e. The van der Waals surface area contributed by atoms with E-state index in [1.54, 1.807) is 6.20 Å². The van der Waals surface area contributed by atoms with E-state index in [2.05, 4.69) is 22.3 Å². The van der Waals surface area contributed by atoms with Crippen LogP contribution in [0.5, 0.6) is 5.88 Å². The Kier molecular flexibility index (Phi) is 5.77. The Labute approximate surface area is 142 Å². The predicted molar refractivity (Wildman–Crippen MR) is 91.6 cm³/mol. The molecule has 0 atom stereocenters. The third kappa shape index (κ3) is 4.78. The van der Waals surface area contributed by atoms with E-state index >= 15 is 0 Å². The van der Waals surface area contributed by atoms with Crippen LogP contribution >= 0.6 is 0 Å². The SMILES string of the molecule is O=C(CCCc1ccccc1)N1CCC(Oc2cccnn2)CC1. The van der Waals surface area contributed by atoms with Crippen molar-refractivity contribution in [3.8, 4) is 5.88 Å². The standard InChI is InChI=1S/C19H23N3O2/c23-19(10-4-8-16-6-2-1-3-7-16)22-14-11-17(12-15-22)24-18-9-5-13-20-21-18/h1-3,5-7,9,13,17H,4,8,10-12,14-15H2. The molecule has 0 aliphatic carbocycles. The Balaban J connectivity index is 1.37. The largest absolute Gasteiger partial charge is 0.473 e. The molecule has 1 aliphatic heterocycles. The second-order valence-corrected chi connectivity index (χ2v) is 6.10. The zero-order valence-corrected chi connectivity index (χ0v) is 13.8. The van der Waals surface area contributed by atoms with Crippen molar-refractivity contribution < 1.29 is 9.53 Å². The van der Waals surface area contributed by atoms with Crippen molar-refractivity contribution in [3.63, 3.8) is 0 Å². The van der Waals surface area contributed by atoms with Crippen molar-refractivity contribution in [1.29, 1.82) is 0 Å². The Morgan fingerprint density at radius 3 is 2.62 bits per heavy atom. The lowest BCUT2D eigenvalue weighted by Gasteiger charge is -2.32. The molecule has 0 saturated carbocycles. The number of ether oxygens (including phenoxy) is 1. The number of benzene rings is 1. The van der Waals surface area contributed by atoms with E-state index in [0.717, 1.165) is 38.8 Å². The van der Waals surface area contributed by atoms with Gasteiger partial charge in [0.2, 0.25) is 11.8 Å². The van der Waals surface area contributed by atoms with Crippen LogP contribution in [0.2, 0.25) is 0 Å². The molecule has 5 nitrogen and oxygen atoms in total. The number of likely N-dealkylation sites (tertiary alicyclic amines) is 1. The molecule has 0 bridgehead atoms. The molecule has 5 heteroatoms. The van der Waals surface area contributed by atoms with E-state index in [-0.39, 0.29) is 12.0 Å². The third-order valence-corrected chi connectivity index (χ3v) is 4.33. The Morgan fingerprint density at radius 1 is 1.12 bits per heavy atom. The second-order valence-electron chi connectivity index (χ2n) is 6.10. The zero-order chi connectivity index (χ0) is 16.6. The molecule has 1 amide bonds. The summed E-state index contributed by atoms with van der Waals surface area (Å²) in [7, 11) is 0. The molecule has 0 radical (unpaired) electrons. The van der Waals surface area contributed by atoms with Gasteiger partial charge in [0.1, 0.15) is 6.10 Å². The maximum absolute atomic E-state index is 12.3. The summed E-state index contributed by atoms with van der Waals surface area (Å²) >= 11 is 0. The smallest absolute Gasteiger partial charge is 0.233 e. The maximum Gasteiger partial charge on any atom is 0.233 e. The summed E-state index contributed by atoms with van der Waals surface area (Å²) < 4.78 is 5.81. The molecule has 0 N–H and O–H groups in total. The number of carbonyl (C=O) groups is 1. The molecular formula is C19H23N3O2. The van der Waals surface area contributed by atoms with Gasteiger partial charge >= 0.3 is 0 Å². The summed E-state index contributed by atoms with van der Waals surface area (Å²) in [4.78, 5) is 14.3. The molecule has 2 heterocycles. The first kappa shape index (κ1) is 16.4. The lowest BCUT2D eigenvalue weighted by atomic mass is 10.1. The number of piperidine rings is 1. The molecule has 24 heavy (non-hydrogen) atoms. The van der Waals surface area contributed by atoms with Gasteiger partial charge in [-0.3, -0.25) is 4.79 Å². The summed E-state index contributed by atoms with van der Waals surface area (Å²) in [5.41, 5.74) is 1.29. The van der Waals surface area contributed by atoms with Crippen molar-refractivity contribution in [2.75, 3.05) is 13.1 Å². The summed E-state index contributed by atoms with van der Waals surface area (Å²) in [6, 6.07) is 13.9. The van der Waals surface area contributed by atoms with Gasteiger partial charge in [-0.1, -0.05) is 30.3 Å². The van der Waals surface area contributed by atoms with Crippen LogP contribution in [0, 0.1) is 0 Å². The number of rotatable bonds is 6. The van der Waals surface area contributed by atoms with Gasteiger partial charge in [0.25, 0.3) is 0 Å². The number of amides is 1. The van der Waals surface area contributed by atoms with E-state index in [4.69, 9.17) is 4.74 Å². The molecule has 0 spiro atoms. The molecule has 2 aromatic rings. The lowest BCUT2D eigenvalue weighted by Crippen LogP contribution is -2.41. The van der Waals surface area contributed by atoms with Crippen LogP contribution in [-0.4, -0.2) is 40.2 Å². The van der Waals surface area contributed by atoms with Crippen LogP contribution in [0.25, 0.3) is 0 Å². The fourth-order valence-electron chi connectivity index (χ4n) is 2.99. The van der Waals surface area contributed by atoms with Crippen molar-refractivity contribution in [3.05, 3.63) is 54.2 Å². The van der Waals surface area contributed by atoms with E-state index in [9.17, 15) is 4.79 Å². The highest BCUT2D eigenvalue weighted by molar-refractivity contribution is 5.76. The van der Waals surface area contributed by atoms with E-state index < -0.39 is 0 Å². The van der Waals surface area contributed by atoms with Crippen LogP contribution in [0.15, 0.2) is 48.7 Å². The highest BCUT2D eigenvalue weighted by Crippen LogP contribution is 2.17. The monoisotopic (exact) mass is 325 g/mol. The van der Waals surface area contributed by atoms with Gasteiger partial charge in [0.15, 0.2) is 0 Å². The van der Waals surface area contributed by atoms with Gasteiger partial charge in [-0.25, -0.2) is 0 Å². The fraction of sp³-hybridized carbons (Fsp3) is 0.421. The fourth-order valence-corrected chi connectivity index (χ4v) is 2.99. The van der Waals surface area contributed by atoms with Crippen molar-refractivity contribution >= 4 is 5.91 Å². The number of aromatic nitrogens is 2. The highest BCUT2D eigenvalue weighted by atomic mass is 16.5. The maximum atomic E-state index is 12.3. The van der Waals surface area contributed by atoms with Crippen molar-refractivity contribution in [2.45, 2.75) is 38.2 Å². The van der Waals surface area contributed by atoms with Gasteiger partial charge < -0.3 is 9.64 Å². The molecule has 1 saturated heterocycles. The molecule has 1 aliphatic rings. The average molecular weight is 325 g/mol. The predicted octanol–water partition coefficient (Wildman–Crippen LogP) is 2.87. The summed E-state index contributed by atoms with van der Waals surface area (Å²) in [5.74, 6) is 0.814. The topological polar surface area (TPSA) is 55.3 Å². The van der Waals surface area contributed by atoms with Gasteiger partial charge in [0.05, 0.1) is 0 Å². The first-order valence-electron chi connectivity index (χ1n) is 8.57. The Hall–Kier alpha value is -2.43. The number of aryl methyl sites for hydroxylation is 1. The summed E-state index contributed by atoms with van der Waals surface area (Å²) in [5, 5.41) is 7.76. The molecule has 126 valence electrons. The van der Waals surface area contributed by atoms with Crippen LogP contribution in [0.1, 0.15) is 31.2 Å². The summed E-state index contributed by atoms with van der Waals surface area (Å²) in [6.45, 7) is 1.52. The van der Waals surface area contributed by atoms with Crippen LogP contribution in [0.4, 0.5) is 0 Å². The normalized spacial score (nSPS) is 15.2. The molecule has 3 rings (SSSR count).